The highest BCUT2D eigenvalue weighted by molar-refractivity contribution is 9.10. The third kappa shape index (κ3) is 2.09. The van der Waals surface area contributed by atoms with Crippen LogP contribution in [0.3, 0.4) is 0 Å². The lowest BCUT2D eigenvalue weighted by Gasteiger charge is -2.09. The molecule has 0 saturated carbocycles. The van der Waals surface area contributed by atoms with Gasteiger partial charge in [-0.05, 0) is 40.5 Å². The minimum absolute atomic E-state index is 0.109. The van der Waals surface area contributed by atoms with Crippen LogP contribution in [-0.2, 0) is 4.79 Å². The van der Waals surface area contributed by atoms with Gasteiger partial charge in [0, 0.05) is 10.0 Å². The number of hydrogen-bond acceptors (Lipinski definition) is 3. The molecule has 4 nitrogen and oxygen atoms in total. The highest BCUT2D eigenvalue weighted by atomic mass is 79.9. The van der Waals surface area contributed by atoms with E-state index in [-0.39, 0.29) is 5.56 Å². The number of halogens is 1. The van der Waals surface area contributed by atoms with Crippen LogP contribution in [0.5, 0.6) is 0 Å². The number of rotatable bonds is 3. The van der Waals surface area contributed by atoms with E-state index in [0.29, 0.717) is 15.8 Å². The predicted octanol–water partition coefficient (Wildman–Crippen LogP) is 3.28. The van der Waals surface area contributed by atoms with Crippen molar-refractivity contribution in [2.75, 3.05) is 0 Å². The van der Waals surface area contributed by atoms with Gasteiger partial charge in [-0.1, -0.05) is 12.1 Å². The maximum Gasteiger partial charge on any atom is 0.377 e. The van der Waals surface area contributed by atoms with Gasteiger partial charge in [-0.25, -0.2) is 4.79 Å². The summed E-state index contributed by atoms with van der Waals surface area (Å²) >= 11 is 3.26. The Hall–Kier alpha value is -1.88. The number of carboxylic acid groups (broad SMARTS) is 1. The number of aliphatic carboxylic acids is 1. The van der Waals surface area contributed by atoms with Gasteiger partial charge in [0.05, 0.1) is 11.8 Å². The molecule has 1 aromatic carbocycles. The summed E-state index contributed by atoms with van der Waals surface area (Å²) in [4.78, 5) is 22.6. The molecule has 92 valence electrons. The number of carbonyl (C=O) groups is 2. The smallest absolute Gasteiger partial charge is 0.377 e. The van der Waals surface area contributed by atoms with Crippen LogP contribution in [0.2, 0.25) is 0 Å². The third-order valence-corrected chi connectivity index (χ3v) is 3.56. The normalized spacial score (nSPS) is 10.3. The standard InChI is InChI=1S/C13H9BrO4/c1-7-4-5-8(9-3-2-6-18-9)10(11(7)14)12(15)13(16)17/h2-6H,1H3,(H,16,17). The molecule has 0 spiro atoms. The molecular weight excluding hydrogens is 300 g/mol. The quantitative estimate of drug-likeness (QED) is 0.698. The van der Waals surface area contributed by atoms with E-state index in [9.17, 15) is 9.59 Å². The van der Waals surface area contributed by atoms with Crippen LogP contribution >= 0.6 is 15.9 Å². The fourth-order valence-electron chi connectivity index (χ4n) is 1.65. The van der Waals surface area contributed by atoms with Gasteiger partial charge in [-0.3, -0.25) is 4.79 Å². The van der Waals surface area contributed by atoms with Crippen molar-refractivity contribution in [2.45, 2.75) is 6.92 Å². The Balaban J connectivity index is 2.71. The van der Waals surface area contributed by atoms with Gasteiger partial charge >= 0.3 is 5.97 Å². The average Bonchev–Trinajstić information content (AvgIpc) is 2.85. The van der Waals surface area contributed by atoms with Gasteiger partial charge in [0.1, 0.15) is 5.76 Å². The number of carbonyl (C=O) groups excluding carboxylic acids is 1. The molecular formula is C13H9BrO4. The molecule has 2 rings (SSSR count). The molecule has 18 heavy (non-hydrogen) atoms. The van der Waals surface area contributed by atoms with Crippen molar-refractivity contribution < 1.29 is 19.1 Å². The molecule has 0 radical (unpaired) electrons. The molecule has 0 aliphatic carbocycles. The minimum atomic E-state index is -1.49. The van der Waals surface area contributed by atoms with E-state index in [2.05, 4.69) is 15.9 Å². The van der Waals surface area contributed by atoms with Crippen LogP contribution < -0.4 is 0 Å². The summed E-state index contributed by atoms with van der Waals surface area (Å²) < 4.78 is 5.69. The molecule has 0 bridgehead atoms. The van der Waals surface area contributed by atoms with E-state index in [1.54, 1.807) is 31.2 Å². The molecule has 1 heterocycles. The molecule has 0 fully saturated rings. The zero-order valence-corrected chi connectivity index (χ0v) is 11.0. The third-order valence-electron chi connectivity index (χ3n) is 2.54. The first kappa shape index (κ1) is 12.6. The van der Waals surface area contributed by atoms with Crippen LogP contribution in [0, 0.1) is 6.92 Å². The van der Waals surface area contributed by atoms with E-state index in [1.807, 2.05) is 0 Å². The first-order valence-electron chi connectivity index (χ1n) is 5.13. The highest BCUT2D eigenvalue weighted by Gasteiger charge is 2.24. The molecule has 5 heteroatoms. The second-order valence-electron chi connectivity index (χ2n) is 3.73. The van der Waals surface area contributed by atoms with Gasteiger partial charge in [0.15, 0.2) is 0 Å². The van der Waals surface area contributed by atoms with Crippen LogP contribution in [-0.4, -0.2) is 16.9 Å². The Morgan fingerprint density at radius 1 is 1.28 bits per heavy atom. The van der Waals surface area contributed by atoms with Gasteiger partial charge in [-0.15, -0.1) is 0 Å². The first-order chi connectivity index (χ1) is 8.52. The topological polar surface area (TPSA) is 67.5 Å². The lowest BCUT2D eigenvalue weighted by Crippen LogP contribution is -2.15. The van der Waals surface area contributed by atoms with Crippen molar-refractivity contribution in [1.29, 1.82) is 0 Å². The van der Waals surface area contributed by atoms with E-state index >= 15 is 0 Å². The number of hydrogen-bond donors (Lipinski definition) is 1. The molecule has 0 saturated heterocycles. The Morgan fingerprint density at radius 2 is 2.00 bits per heavy atom. The zero-order valence-electron chi connectivity index (χ0n) is 9.44. The van der Waals surface area contributed by atoms with Crippen molar-refractivity contribution >= 4 is 27.7 Å². The SMILES string of the molecule is Cc1ccc(-c2ccco2)c(C(=O)C(=O)O)c1Br. The number of aryl methyl sites for hydroxylation is 1. The second-order valence-corrected chi connectivity index (χ2v) is 4.52. The molecule has 0 aliphatic heterocycles. The number of furan rings is 1. The van der Waals surface area contributed by atoms with Gasteiger partial charge < -0.3 is 9.52 Å². The van der Waals surface area contributed by atoms with Crippen LogP contribution in [0.25, 0.3) is 11.3 Å². The Labute approximate surface area is 111 Å². The monoisotopic (exact) mass is 308 g/mol. The van der Waals surface area contributed by atoms with Crippen molar-refractivity contribution in [3.63, 3.8) is 0 Å². The summed E-state index contributed by atoms with van der Waals surface area (Å²) in [5.41, 5.74) is 1.36. The molecule has 2 aromatic rings. The molecule has 0 aliphatic rings. The maximum absolute atomic E-state index is 11.8. The minimum Gasteiger partial charge on any atom is -0.475 e. The van der Waals surface area contributed by atoms with Gasteiger partial charge in [0.25, 0.3) is 5.78 Å². The number of carboxylic acids is 1. The number of Topliss-reactive ketones (excluding diaryl/α,β-unsaturated/α-hetero) is 1. The summed E-state index contributed by atoms with van der Waals surface area (Å²) in [6.45, 7) is 1.79. The second kappa shape index (κ2) is 4.78. The van der Waals surface area contributed by atoms with Crippen molar-refractivity contribution in [2.24, 2.45) is 0 Å². The van der Waals surface area contributed by atoms with Gasteiger partial charge in [0.2, 0.25) is 0 Å². The molecule has 1 aromatic heterocycles. The number of ketones is 1. The molecule has 0 unspecified atom stereocenters. The van der Waals surface area contributed by atoms with Gasteiger partial charge in [-0.2, -0.15) is 0 Å². The van der Waals surface area contributed by atoms with Crippen molar-refractivity contribution in [1.82, 2.24) is 0 Å². The average molecular weight is 309 g/mol. The Morgan fingerprint density at radius 3 is 2.56 bits per heavy atom. The van der Waals surface area contributed by atoms with E-state index in [4.69, 9.17) is 9.52 Å². The largest absolute Gasteiger partial charge is 0.475 e. The van der Waals surface area contributed by atoms with Crippen LogP contribution in [0.1, 0.15) is 15.9 Å². The molecule has 0 amide bonds. The van der Waals surface area contributed by atoms with Crippen LogP contribution in [0.4, 0.5) is 0 Å². The summed E-state index contributed by atoms with van der Waals surface area (Å²) in [6.07, 6.45) is 1.47. The van der Waals surface area contributed by atoms with E-state index < -0.39 is 11.8 Å². The maximum atomic E-state index is 11.8. The summed E-state index contributed by atoms with van der Waals surface area (Å²) in [5.74, 6) is -1.99. The Kier molecular flexibility index (Phi) is 3.34. The first-order valence-corrected chi connectivity index (χ1v) is 5.92. The fourth-order valence-corrected chi connectivity index (χ4v) is 2.17. The van der Waals surface area contributed by atoms with Crippen LogP contribution in [0.15, 0.2) is 39.4 Å². The Bertz CT molecular complexity index is 614. The van der Waals surface area contributed by atoms with E-state index in [0.717, 1.165) is 5.56 Å². The fraction of sp³-hybridized carbons (Fsp3) is 0.0769. The number of benzene rings is 1. The van der Waals surface area contributed by atoms with E-state index in [1.165, 1.54) is 6.26 Å². The van der Waals surface area contributed by atoms with Crippen molar-refractivity contribution in [3.05, 3.63) is 46.1 Å². The zero-order chi connectivity index (χ0) is 13.3. The highest BCUT2D eigenvalue weighted by Crippen LogP contribution is 2.32. The lowest BCUT2D eigenvalue weighted by molar-refractivity contribution is -0.131. The predicted molar refractivity (Wildman–Crippen MR) is 68.5 cm³/mol. The summed E-state index contributed by atoms with van der Waals surface area (Å²) in [5, 5.41) is 8.87. The summed E-state index contributed by atoms with van der Waals surface area (Å²) in [6, 6.07) is 6.82. The molecule has 1 N–H and O–H groups in total. The molecule has 0 atom stereocenters. The summed E-state index contributed by atoms with van der Waals surface area (Å²) in [7, 11) is 0. The lowest BCUT2D eigenvalue weighted by atomic mass is 9.99. The van der Waals surface area contributed by atoms with Crippen molar-refractivity contribution in [3.8, 4) is 11.3 Å².